The molecule has 1 N–H and O–H groups in total. The van der Waals surface area contributed by atoms with Crippen LogP contribution in [-0.2, 0) is 6.42 Å². The molecule has 0 fully saturated rings. The van der Waals surface area contributed by atoms with Crippen LogP contribution >= 0.6 is 0 Å². The lowest BCUT2D eigenvalue weighted by Crippen LogP contribution is -2.31. The third kappa shape index (κ3) is 4.16. The third-order valence-electron chi connectivity index (χ3n) is 4.66. The first kappa shape index (κ1) is 17.4. The summed E-state index contributed by atoms with van der Waals surface area (Å²) in [6.07, 6.45) is 10.9. The van der Waals surface area contributed by atoms with E-state index in [0.717, 1.165) is 47.5 Å². The van der Waals surface area contributed by atoms with Crippen molar-refractivity contribution >= 4 is 6.08 Å². The van der Waals surface area contributed by atoms with Crippen LogP contribution in [0, 0.1) is 13.8 Å². The number of benzene rings is 1. The zero-order valence-electron chi connectivity index (χ0n) is 15.4. The second kappa shape index (κ2) is 6.83. The highest BCUT2D eigenvalue weighted by Crippen LogP contribution is 2.37. The Balaban J connectivity index is 1.61. The highest BCUT2D eigenvalue weighted by atomic mass is 16.5. The fourth-order valence-electron chi connectivity index (χ4n) is 3.13. The van der Waals surface area contributed by atoms with Crippen LogP contribution in [0.25, 0.3) is 6.08 Å². The Morgan fingerprint density at radius 3 is 2.76 bits per heavy atom. The molecule has 0 aliphatic carbocycles. The van der Waals surface area contributed by atoms with Crippen LogP contribution in [0.1, 0.15) is 49.1 Å². The van der Waals surface area contributed by atoms with Crippen molar-refractivity contribution in [1.29, 1.82) is 0 Å². The van der Waals surface area contributed by atoms with Gasteiger partial charge in [-0.3, -0.25) is 0 Å². The van der Waals surface area contributed by atoms with Crippen molar-refractivity contribution in [2.24, 2.45) is 0 Å². The minimum Gasteiger partial charge on any atom is -0.508 e. The molecule has 3 nitrogen and oxygen atoms in total. The highest BCUT2D eigenvalue weighted by molar-refractivity contribution is 5.64. The van der Waals surface area contributed by atoms with Crippen LogP contribution < -0.4 is 4.74 Å². The zero-order chi connectivity index (χ0) is 18.0. The molecule has 25 heavy (non-hydrogen) atoms. The Labute approximate surface area is 149 Å². The average Bonchev–Trinajstić information content (AvgIpc) is 2.94. The van der Waals surface area contributed by atoms with Crippen LogP contribution in [0.3, 0.4) is 0 Å². The van der Waals surface area contributed by atoms with Crippen molar-refractivity contribution in [2.45, 2.75) is 52.6 Å². The minimum absolute atomic E-state index is 0.308. The molecule has 1 atom stereocenters. The molecule has 0 saturated heterocycles. The number of allylic oxidation sites excluding steroid dienone is 2. The van der Waals surface area contributed by atoms with Gasteiger partial charge in [0.25, 0.3) is 0 Å². The molecule has 0 radical (unpaired) electrons. The van der Waals surface area contributed by atoms with Crippen molar-refractivity contribution in [3.8, 4) is 11.5 Å². The Morgan fingerprint density at radius 1 is 1.24 bits per heavy atom. The molecule has 2 aromatic rings. The summed E-state index contributed by atoms with van der Waals surface area (Å²) < 4.78 is 11.7. The van der Waals surface area contributed by atoms with Gasteiger partial charge in [-0.05, 0) is 75.9 Å². The quantitative estimate of drug-likeness (QED) is 0.707. The van der Waals surface area contributed by atoms with Gasteiger partial charge in [-0.15, -0.1) is 0 Å². The van der Waals surface area contributed by atoms with E-state index < -0.39 is 0 Å². The van der Waals surface area contributed by atoms with Gasteiger partial charge in [0.2, 0.25) is 0 Å². The van der Waals surface area contributed by atoms with Gasteiger partial charge in [-0.25, -0.2) is 0 Å². The van der Waals surface area contributed by atoms with Crippen molar-refractivity contribution in [3.63, 3.8) is 0 Å². The number of phenolic OH excluding ortho intramolecular Hbond substituents is 1. The summed E-state index contributed by atoms with van der Waals surface area (Å²) in [5.41, 5.74) is 3.91. The van der Waals surface area contributed by atoms with E-state index in [1.54, 1.807) is 12.3 Å². The molecule has 1 aromatic heterocycles. The minimum atomic E-state index is -0.325. The van der Waals surface area contributed by atoms with Crippen LogP contribution in [-0.4, -0.2) is 10.7 Å². The smallest absolute Gasteiger partial charge is 0.128 e. The van der Waals surface area contributed by atoms with Crippen LogP contribution in [0.5, 0.6) is 11.5 Å². The standard InChI is InChI=1S/C22H26O3/c1-15(10-19-11-16(2)14-24-19)6-5-8-22(4)9-7-18-13-20(23)17(3)12-21(18)25-22/h6-7,9,11-14,23H,5,8,10H2,1-4H3/b15-6+/t22-/m1/s1. The van der Waals surface area contributed by atoms with Crippen LogP contribution in [0.4, 0.5) is 0 Å². The molecule has 1 aromatic carbocycles. The molecule has 0 saturated carbocycles. The second-order valence-electron chi connectivity index (χ2n) is 7.28. The molecule has 3 heteroatoms. The predicted molar refractivity (Wildman–Crippen MR) is 101 cm³/mol. The summed E-state index contributed by atoms with van der Waals surface area (Å²) in [5.74, 6) is 2.16. The molecule has 0 unspecified atom stereocenters. The summed E-state index contributed by atoms with van der Waals surface area (Å²) in [6, 6.07) is 5.75. The SMILES string of the molecule is C/C(=C\CC[C@]1(C)C=Cc2cc(O)c(C)cc2O1)Cc1cc(C)co1. The van der Waals surface area contributed by atoms with Gasteiger partial charge in [-0.2, -0.15) is 0 Å². The normalized spacial score (nSPS) is 19.6. The molecule has 3 rings (SSSR count). The Morgan fingerprint density at radius 2 is 2.04 bits per heavy atom. The molecule has 0 spiro atoms. The number of aryl methyl sites for hydroxylation is 2. The van der Waals surface area contributed by atoms with Crippen molar-refractivity contribution < 1.29 is 14.3 Å². The summed E-state index contributed by atoms with van der Waals surface area (Å²) >= 11 is 0. The number of furan rings is 1. The molecular weight excluding hydrogens is 312 g/mol. The molecular formula is C22H26O3. The fraction of sp³-hybridized carbons (Fsp3) is 0.364. The Bertz CT molecular complexity index is 826. The van der Waals surface area contributed by atoms with Gasteiger partial charge in [0, 0.05) is 12.0 Å². The van der Waals surface area contributed by atoms with Crippen molar-refractivity contribution in [3.05, 3.63) is 64.6 Å². The summed E-state index contributed by atoms with van der Waals surface area (Å²) in [6.45, 7) is 8.17. The van der Waals surface area contributed by atoms with E-state index in [2.05, 4.69) is 32.1 Å². The summed E-state index contributed by atoms with van der Waals surface area (Å²) in [7, 11) is 0. The Hall–Kier alpha value is -2.42. The van der Waals surface area contributed by atoms with Gasteiger partial charge in [-0.1, -0.05) is 17.7 Å². The predicted octanol–water partition coefficient (Wildman–Crippen LogP) is 5.74. The summed E-state index contributed by atoms with van der Waals surface area (Å²) in [5, 5.41) is 9.83. The molecule has 1 aliphatic rings. The number of hydrogen-bond donors (Lipinski definition) is 1. The lowest BCUT2D eigenvalue weighted by atomic mass is 9.94. The third-order valence-corrected chi connectivity index (χ3v) is 4.66. The van der Waals surface area contributed by atoms with E-state index in [9.17, 15) is 5.11 Å². The maximum Gasteiger partial charge on any atom is 0.128 e. The average molecular weight is 338 g/mol. The van der Waals surface area contributed by atoms with Gasteiger partial charge < -0.3 is 14.3 Å². The lowest BCUT2D eigenvalue weighted by molar-refractivity contribution is 0.128. The number of hydrogen-bond acceptors (Lipinski definition) is 3. The first-order chi connectivity index (χ1) is 11.8. The van der Waals surface area contributed by atoms with Crippen molar-refractivity contribution in [2.75, 3.05) is 0 Å². The van der Waals surface area contributed by atoms with Gasteiger partial charge in [0.05, 0.1) is 6.26 Å². The zero-order valence-corrected chi connectivity index (χ0v) is 15.4. The van der Waals surface area contributed by atoms with E-state index in [0.29, 0.717) is 5.75 Å². The van der Waals surface area contributed by atoms with E-state index in [1.807, 2.05) is 26.0 Å². The fourth-order valence-corrected chi connectivity index (χ4v) is 3.13. The molecule has 132 valence electrons. The van der Waals surface area contributed by atoms with Gasteiger partial charge in [0.15, 0.2) is 0 Å². The summed E-state index contributed by atoms with van der Waals surface area (Å²) in [4.78, 5) is 0. The molecule has 0 bridgehead atoms. The monoisotopic (exact) mass is 338 g/mol. The van der Waals surface area contributed by atoms with E-state index in [4.69, 9.17) is 9.15 Å². The molecule has 1 aliphatic heterocycles. The maximum absolute atomic E-state index is 9.83. The van der Waals surface area contributed by atoms with Gasteiger partial charge in [0.1, 0.15) is 22.9 Å². The number of aromatic hydroxyl groups is 1. The van der Waals surface area contributed by atoms with Crippen LogP contribution in [0.15, 0.2) is 46.6 Å². The van der Waals surface area contributed by atoms with Crippen molar-refractivity contribution in [1.82, 2.24) is 0 Å². The molecule has 0 amide bonds. The first-order valence-electron chi connectivity index (χ1n) is 8.76. The molecule has 2 heterocycles. The van der Waals surface area contributed by atoms with E-state index in [-0.39, 0.29) is 5.60 Å². The Kier molecular flexibility index (Phi) is 4.76. The number of fused-ring (bicyclic) bond motifs is 1. The maximum atomic E-state index is 9.83. The second-order valence-corrected chi connectivity index (χ2v) is 7.28. The first-order valence-corrected chi connectivity index (χ1v) is 8.76. The largest absolute Gasteiger partial charge is 0.508 e. The number of ether oxygens (including phenoxy) is 1. The number of rotatable bonds is 5. The topological polar surface area (TPSA) is 42.6 Å². The lowest BCUT2D eigenvalue weighted by Gasteiger charge is -2.31. The number of phenols is 1. The highest BCUT2D eigenvalue weighted by Gasteiger charge is 2.27. The van der Waals surface area contributed by atoms with E-state index in [1.165, 1.54) is 5.57 Å². The van der Waals surface area contributed by atoms with Crippen LogP contribution in [0.2, 0.25) is 0 Å². The van der Waals surface area contributed by atoms with Gasteiger partial charge >= 0.3 is 0 Å². The van der Waals surface area contributed by atoms with E-state index >= 15 is 0 Å².